The Balaban J connectivity index is 1.87. The number of carbonyl (C=O) groups is 1. The third-order valence-electron chi connectivity index (χ3n) is 4.30. The normalized spacial score (nSPS) is 13.4. The van der Waals surface area contributed by atoms with Crippen molar-refractivity contribution >= 4 is 21.6 Å². The molecule has 0 unspecified atom stereocenters. The van der Waals surface area contributed by atoms with Crippen molar-refractivity contribution in [3.63, 3.8) is 0 Å². The van der Waals surface area contributed by atoms with Gasteiger partial charge in [-0.25, -0.2) is 8.42 Å². The molecule has 1 N–H and O–H groups in total. The summed E-state index contributed by atoms with van der Waals surface area (Å²) >= 11 is 0. The molecule has 3 rings (SSSR count). The Kier molecular flexibility index (Phi) is 4.39. The second-order valence-electron chi connectivity index (χ2n) is 6.26. The number of rotatable bonds is 4. The van der Waals surface area contributed by atoms with Crippen molar-refractivity contribution in [2.24, 2.45) is 0 Å². The number of aryl methyl sites for hydroxylation is 2. The molecule has 0 saturated carbocycles. The van der Waals surface area contributed by atoms with E-state index < -0.39 is 10.0 Å². The fourth-order valence-corrected chi connectivity index (χ4v) is 4.33. The lowest BCUT2D eigenvalue weighted by atomic mass is 10.1. The first-order chi connectivity index (χ1) is 11.8. The van der Waals surface area contributed by atoms with E-state index in [1.54, 1.807) is 36.1 Å². The Morgan fingerprint density at radius 1 is 1.12 bits per heavy atom. The van der Waals surface area contributed by atoms with Crippen LogP contribution < -0.4 is 4.72 Å². The number of carbonyl (C=O) groups excluding carboxylic acids is 1. The number of hydrogen-bond acceptors (Lipinski definition) is 3. The van der Waals surface area contributed by atoms with Crippen molar-refractivity contribution in [2.75, 3.05) is 4.72 Å². The number of nitrogens with zero attached hydrogens (tertiary/aromatic N) is 1. The van der Waals surface area contributed by atoms with Gasteiger partial charge in [0.15, 0.2) is 0 Å². The van der Waals surface area contributed by atoms with Gasteiger partial charge in [-0.05, 0) is 60.4 Å². The van der Waals surface area contributed by atoms with Gasteiger partial charge in [-0.15, -0.1) is 0 Å². The van der Waals surface area contributed by atoms with E-state index in [9.17, 15) is 13.2 Å². The number of anilines is 1. The maximum atomic E-state index is 12.7. The standard InChI is InChI=1S/C19H20N2O3S/c1-4-19(22)21-11-15-7-8-17(10-16(15)12-21)20-25(23,24)18-9-13(2)5-6-14(18)3/h4-10,20H,1,11-12H2,2-3H3. The smallest absolute Gasteiger partial charge is 0.262 e. The van der Waals surface area contributed by atoms with E-state index in [1.807, 2.05) is 19.1 Å². The molecular weight excluding hydrogens is 336 g/mol. The molecule has 2 aromatic rings. The molecule has 5 nitrogen and oxygen atoms in total. The third-order valence-corrected chi connectivity index (χ3v) is 5.82. The lowest BCUT2D eigenvalue weighted by Gasteiger charge is -2.12. The van der Waals surface area contributed by atoms with E-state index in [0.717, 1.165) is 16.7 Å². The van der Waals surface area contributed by atoms with E-state index in [2.05, 4.69) is 11.3 Å². The molecule has 2 aromatic carbocycles. The van der Waals surface area contributed by atoms with E-state index in [-0.39, 0.29) is 10.8 Å². The van der Waals surface area contributed by atoms with Crippen molar-refractivity contribution in [2.45, 2.75) is 31.8 Å². The summed E-state index contributed by atoms with van der Waals surface area (Å²) in [5.74, 6) is -0.131. The predicted molar refractivity (Wildman–Crippen MR) is 97.6 cm³/mol. The molecule has 130 valence electrons. The summed E-state index contributed by atoms with van der Waals surface area (Å²) in [6.45, 7) is 8.11. The quantitative estimate of drug-likeness (QED) is 0.856. The topological polar surface area (TPSA) is 66.5 Å². The van der Waals surface area contributed by atoms with Crippen LogP contribution in [0.15, 0.2) is 53.9 Å². The maximum absolute atomic E-state index is 12.7. The number of benzene rings is 2. The molecule has 0 aromatic heterocycles. The Morgan fingerprint density at radius 3 is 2.56 bits per heavy atom. The Labute approximate surface area is 148 Å². The molecule has 1 amide bonds. The van der Waals surface area contributed by atoms with Crippen molar-refractivity contribution in [1.82, 2.24) is 4.90 Å². The second kappa shape index (κ2) is 6.37. The van der Waals surface area contributed by atoms with E-state index in [0.29, 0.717) is 24.3 Å². The Hall–Kier alpha value is -2.60. The Morgan fingerprint density at radius 2 is 1.84 bits per heavy atom. The summed E-state index contributed by atoms with van der Waals surface area (Å²) in [4.78, 5) is 13.7. The van der Waals surface area contributed by atoms with Crippen LogP contribution in [-0.4, -0.2) is 19.2 Å². The molecule has 0 aliphatic carbocycles. The SMILES string of the molecule is C=CC(=O)N1Cc2ccc(NS(=O)(=O)c3cc(C)ccc3C)cc2C1. The van der Waals surface area contributed by atoms with Crippen LogP contribution in [-0.2, 0) is 27.9 Å². The van der Waals surface area contributed by atoms with Gasteiger partial charge in [-0.2, -0.15) is 0 Å². The van der Waals surface area contributed by atoms with Crippen LogP contribution in [0.5, 0.6) is 0 Å². The minimum Gasteiger partial charge on any atom is -0.331 e. The fourth-order valence-electron chi connectivity index (χ4n) is 2.95. The van der Waals surface area contributed by atoms with E-state index in [1.165, 1.54) is 6.08 Å². The highest BCUT2D eigenvalue weighted by Crippen LogP contribution is 2.27. The van der Waals surface area contributed by atoms with Crippen LogP contribution >= 0.6 is 0 Å². The Bertz CT molecular complexity index is 965. The molecule has 1 heterocycles. The van der Waals surface area contributed by atoms with Gasteiger partial charge in [-0.3, -0.25) is 9.52 Å². The first-order valence-corrected chi connectivity index (χ1v) is 9.42. The van der Waals surface area contributed by atoms with Crippen LogP contribution in [0.2, 0.25) is 0 Å². The van der Waals surface area contributed by atoms with Crippen LogP contribution in [0.1, 0.15) is 22.3 Å². The number of hydrogen-bond donors (Lipinski definition) is 1. The largest absolute Gasteiger partial charge is 0.331 e. The molecule has 0 atom stereocenters. The van der Waals surface area contributed by atoms with Crippen molar-refractivity contribution in [1.29, 1.82) is 0 Å². The molecule has 0 bridgehead atoms. The number of sulfonamides is 1. The first kappa shape index (κ1) is 17.2. The van der Waals surface area contributed by atoms with Crippen LogP contribution in [0.4, 0.5) is 5.69 Å². The minimum atomic E-state index is -3.67. The number of amides is 1. The zero-order chi connectivity index (χ0) is 18.2. The summed E-state index contributed by atoms with van der Waals surface area (Å²) in [5.41, 5.74) is 4.04. The van der Waals surface area contributed by atoms with Crippen LogP contribution in [0, 0.1) is 13.8 Å². The zero-order valence-corrected chi connectivity index (χ0v) is 15.1. The van der Waals surface area contributed by atoms with Gasteiger partial charge in [0.2, 0.25) is 5.91 Å². The summed E-state index contributed by atoms with van der Waals surface area (Å²) in [6.07, 6.45) is 1.29. The summed E-state index contributed by atoms with van der Waals surface area (Å²) < 4.78 is 28.0. The van der Waals surface area contributed by atoms with Crippen LogP contribution in [0.25, 0.3) is 0 Å². The van der Waals surface area contributed by atoms with Crippen molar-refractivity contribution in [3.05, 3.63) is 71.3 Å². The molecule has 6 heteroatoms. The van der Waals surface area contributed by atoms with Crippen molar-refractivity contribution < 1.29 is 13.2 Å². The fraction of sp³-hybridized carbons (Fsp3) is 0.211. The lowest BCUT2D eigenvalue weighted by Crippen LogP contribution is -2.22. The first-order valence-electron chi connectivity index (χ1n) is 7.93. The average molecular weight is 356 g/mol. The zero-order valence-electron chi connectivity index (χ0n) is 14.2. The van der Waals surface area contributed by atoms with Gasteiger partial charge < -0.3 is 4.90 Å². The highest BCUT2D eigenvalue weighted by atomic mass is 32.2. The monoisotopic (exact) mass is 356 g/mol. The maximum Gasteiger partial charge on any atom is 0.262 e. The molecule has 0 fully saturated rings. The lowest BCUT2D eigenvalue weighted by molar-refractivity contribution is -0.126. The van der Waals surface area contributed by atoms with Gasteiger partial charge >= 0.3 is 0 Å². The van der Waals surface area contributed by atoms with Gasteiger partial charge in [-0.1, -0.05) is 24.8 Å². The summed E-state index contributed by atoms with van der Waals surface area (Å²) in [7, 11) is -3.67. The second-order valence-corrected chi connectivity index (χ2v) is 7.91. The molecule has 0 spiro atoms. The highest BCUT2D eigenvalue weighted by Gasteiger charge is 2.23. The third kappa shape index (κ3) is 3.44. The molecule has 0 saturated heterocycles. The van der Waals surface area contributed by atoms with Crippen molar-refractivity contribution in [3.8, 4) is 0 Å². The molecular formula is C19H20N2O3S. The van der Waals surface area contributed by atoms with Crippen LogP contribution in [0.3, 0.4) is 0 Å². The molecule has 25 heavy (non-hydrogen) atoms. The summed E-state index contributed by atoms with van der Waals surface area (Å²) in [5, 5.41) is 0. The summed E-state index contributed by atoms with van der Waals surface area (Å²) in [6, 6.07) is 10.7. The number of nitrogens with one attached hydrogen (secondary N) is 1. The molecule has 0 radical (unpaired) electrons. The van der Waals surface area contributed by atoms with E-state index >= 15 is 0 Å². The minimum absolute atomic E-state index is 0.131. The van der Waals surface area contributed by atoms with Gasteiger partial charge in [0.05, 0.1) is 4.90 Å². The van der Waals surface area contributed by atoms with Gasteiger partial charge in [0, 0.05) is 18.8 Å². The van der Waals surface area contributed by atoms with Gasteiger partial charge in [0.1, 0.15) is 0 Å². The van der Waals surface area contributed by atoms with Gasteiger partial charge in [0.25, 0.3) is 10.0 Å². The molecule has 1 aliphatic heterocycles. The number of fused-ring (bicyclic) bond motifs is 1. The molecule has 1 aliphatic rings. The van der Waals surface area contributed by atoms with E-state index in [4.69, 9.17) is 0 Å². The highest BCUT2D eigenvalue weighted by molar-refractivity contribution is 7.92. The predicted octanol–water partition coefficient (Wildman–Crippen LogP) is 3.13. The average Bonchev–Trinajstić information content (AvgIpc) is 2.99.